The molecule has 0 saturated heterocycles. The summed E-state index contributed by atoms with van der Waals surface area (Å²) in [6.45, 7) is 6.39. The summed E-state index contributed by atoms with van der Waals surface area (Å²) in [6.07, 6.45) is 1.40. The zero-order valence-corrected chi connectivity index (χ0v) is 18.4. The van der Waals surface area contributed by atoms with Gasteiger partial charge in [-0.15, -0.1) is 0 Å². The van der Waals surface area contributed by atoms with Crippen molar-refractivity contribution in [2.75, 3.05) is 12.0 Å². The molecule has 29 heavy (non-hydrogen) atoms. The summed E-state index contributed by atoms with van der Waals surface area (Å²) >= 11 is 1.56. The topological polar surface area (TPSA) is 171 Å². The molecule has 0 saturated carbocycles. The summed E-state index contributed by atoms with van der Waals surface area (Å²) < 4.78 is 0. The van der Waals surface area contributed by atoms with Crippen molar-refractivity contribution in [2.24, 2.45) is 11.7 Å². The van der Waals surface area contributed by atoms with E-state index in [1.165, 1.54) is 13.8 Å². The first-order valence-electron chi connectivity index (χ1n) is 9.47. The Morgan fingerprint density at radius 3 is 2.00 bits per heavy atom. The molecule has 0 aromatic carbocycles. The van der Waals surface area contributed by atoms with Gasteiger partial charge < -0.3 is 31.9 Å². The molecule has 0 aliphatic carbocycles. The first-order chi connectivity index (χ1) is 13.4. The van der Waals surface area contributed by atoms with Crippen molar-refractivity contribution < 1.29 is 29.4 Å². The van der Waals surface area contributed by atoms with Crippen LogP contribution in [0.3, 0.4) is 0 Å². The first-order valence-corrected chi connectivity index (χ1v) is 10.9. The third-order valence-electron chi connectivity index (χ3n) is 4.11. The number of aliphatic hydroxyl groups excluding tert-OH is 1. The number of thioether (sulfide) groups is 1. The van der Waals surface area contributed by atoms with E-state index >= 15 is 0 Å². The lowest BCUT2D eigenvalue weighted by molar-refractivity contribution is -0.145. The van der Waals surface area contributed by atoms with Crippen molar-refractivity contribution in [3.8, 4) is 0 Å². The number of hydrogen-bond donors (Lipinski definition) is 6. The van der Waals surface area contributed by atoms with Crippen LogP contribution in [0.2, 0.25) is 0 Å². The van der Waals surface area contributed by atoms with Crippen molar-refractivity contribution in [2.45, 2.75) is 70.8 Å². The van der Waals surface area contributed by atoms with E-state index in [0.717, 1.165) is 0 Å². The average Bonchev–Trinajstić information content (AvgIpc) is 2.61. The molecule has 5 unspecified atom stereocenters. The summed E-state index contributed by atoms with van der Waals surface area (Å²) in [7, 11) is 0. The van der Waals surface area contributed by atoms with Crippen LogP contribution < -0.4 is 21.7 Å². The molecular formula is C18H34N4O6S. The monoisotopic (exact) mass is 434 g/mol. The average molecular weight is 435 g/mol. The quantitative estimate of drug-likeness (QED) is 0.215. The molecule has 0 aliphatic heterocycles. The van der Waals surface area contributed by atoms with Gasteiger partial charge >= 0.3 is 5.97 Å². The van der Waals surface area contributed by atoms with Gasteiger partial charge in [-0.25, -0.2) is 4.79 Å². The van der Waals surface area contributed by atoms with Crippen LogP contribution >= 0.6 is 11.8 Å². The summed E-state index contributed by atoms with van der Waals surface area (Å²) in [4.78, 5) is 48.1. The van der Waals surface area contributed by atoms with E-state index in [1.807, 2.05) is 20.1 Å². The number of rotatable bonds is 13. The fraction of sp³-hybridized carbons (Fsp3) is 0.778. The normalized spacial score (nSPS) is 16.3. The van der Waals surface area contributed by atoms with Gasteiger partial charge in [0.2, 0.25) is 17.7 Å². The number of nitrogens with two attached hydrogens (primary N) is 1. The third kappa shape index (κ3) is 10.5. The SMILES string of the molecule is CSCCC(N)C(=O)NC(CC(C)C)C(=O)NC(C)C(=O)NC(C(=O)O)C(C)O. The molecule has 0 radical (unpaired) electrons. The number of nitrogens with one attached hydrogen (secondary N) is 3. The van der Waals surface area contributed by atoms with Gasteiger partial charge in [-0.05, 0) is 44.6 Å². The Balaban J connectivity index is 5.01. The number of amides is 3. The van der Waals surface area contributed by atoms with Gasteiger partial charge in [0.15, 0.2) is 6.04 Å². The summed E-state index contributed by atoms with van der Waals surface area (Å²) in [5, 5.41) is 25.8. The Morgan fingerprint density at radius 2 is 1.55 bits per heavy atom. The molecule has 0 bridgehead atoms. The van der Waals surface area contributed by atoms with Gasteiger partial charge in [0.25, 0.3) is 0 Å². The number of carboxylic acids is 1. The highest BCUT2D eigenvalue weighted by Gasteiger charge is 2.30. The lowest BCUT2D eigenvalue weighted by atomic mass is 10.0. The van der Waals surface area contributed by atoms with Crippen LogP contribution in [0.5, 0.6) is 0 Å². The maximum absolute atomic E-state index is 12.6. The first kappa shape index (κ1) is 27.1. The molecule has 0 rings (SSSR count). The molecular weight excluding hydrogens is 400 g/mol. The fourth-order valence-electron chi connectivity index (χ4n) is 2.40. The fourth-order valence-corrected chi connectivity index (χ4v) is 2.89. The van der Waals surface area contributed by atoms with Gasteiger partial charge in [0, 0.05) is 0 Å². The van der Waals surface area contributed by atoms with E-state index in [0.29, 0.717) is 18.6 Å². The number of carbonyl (C=O) groups is 4. The van der Waals surface area contributed by atoms with Crippen LogP contribution in [0.4, 0.5) is 0 Å². The van der Waals surface area contributed by atoms with Crippen LogP contribution in [-0.4, -0.2) is 76.2 Å². The highest BCUT2D eigenvalue weighted by atomic mass is 32.2. The second-order valence-electron chi connectivity index (χ2n) is 7.37. The zero-order valence-electron chi connectivity index (χ0n) is 17.6. The minimum atomic E-state index is -1.50. The Kier molecular flexibility index (Phi) is 12.5. The van der Waals surface area contributed by atoms with Gasteiger partial charge in [0.1, 0.15) is 12.1 Å². The second-order valence-corrected chi connectivity index (χ2v) is 8.36. The second kappa shape index (κ2) is 13.4. The van der Waals surface area contributed by atoms with Crippen LogP contribution in [0.15, 0.2) is 0 Å². The molecule has 3 amide bonds. The van der Waals surface area contributed by atoms with Crippen LogP contribution in [0.25, 0.3) is 0 Å². The lowest BCUT2D eigenvalue weighted by Gasteiger charge is -2.25. The highest BCUT2D eigenvalue weighted by molar-refractivity contribution is 7.98. The number of hydrogen-bond acceptors (Lipinski definition) is 7. The van der Waals surface area contributed by atoms with E-state index in [-0.39, 0.29) is 5.92 Å². The van der Waals surface area contributed by atoms with Gasteiger partial charge in [0.05, 0.1) is 12.1 Å². The van der Waals surface area contributed by atoms with Crippen molar-refractivity contribution in [1.29, 1.82) is 0 Å². The lowest BCUT2D eigenvalue weighted by Crippen LogP contribution is -2.57. The summed E-state index contributed by atoms with van der Waals surface area (Å²) in [5.74, 6) is -2.38. The van der Waals surface area contributed by atoms with Crippen molar-refractivity contribution in [1.82, 2.24) is 16.0 Å². The van der Waals surface area contributed by atoms with E-state index in [2.05, 4.69) is 16.0 Å². The summed E-state index contributed by atoms with van der Waals surface area (Å²) in [5.41, 5.74) is 5.84. The predicted octanol–water partition coefficient (Wildman–Crippen LogP) is -0.947. The predicted molar refractivity (Wildman–Crippen MR) is 111 cm³/mol. The molecule has 10 nitrogen and oxygen atoms in total. The number of carbonyl (C=O) groups excluding carboxylic acids is 3. The van der Waals surface area contributed by atoms with E-state index in [9.17, 15) is 24.3 Å². The van der Waals surface area contributed by atoms with E-state index in [1.54, 1.807) is 11.8 Å². The molecule has 0 heterocycles. The standard InChI is InChI=1S/C18H34N4O6S/c1-9(2)8-13(21-16(25)12(19)6-7-29-5)17(26)20-10(3)15(24)22-14(11(4)23)18(27)28/h9-14,23H,6-8,19H2,1-5H3,(H,20,26)(H,21,25)(H,22,24)(H,27,28). The Labute approximate surface area is 175 Å². The molecule has 0 aromatic heterocycles. The molecule has 11 heteroatoms. The molecule has 0 aliphatic rings. The zero-order chi connectivity index (χ0) is 22.7. The number of aliphatic hydroxyl groups is 1. The summed E-state index contributed by atoms with van der Waals surface area (Å²) in [6, 6.07) is -4.19. The van der Waals surface area contributed by atoms with E-state index in [4.69, 9.17) is 10.8 Å². The Morgan fingerprint density at radius 1 is 0.966 bits per heavy atom. The van der Waals surface area contributed by atoms with Crippen molar-refractivity contribution >= 4 is 35.5 Å². The van der Waals surface area contributed by atoms with Crippen molar-refractivity contribution in [3.63, 3.8) is 0 Å². The molecule has 168 valence electrons. The van der Waals surface area contributed by atoms with Crippen molar-refractivity contribution in [3.05, 3.63) is 0 Å². The minimum absolute atomic E-state index is 0.0873. The molecule has 0 aromatic rings. The number of aliphatic carboxylic acids is 1. The van der Waals surface area contributed by atoms with Gasteiger partial charge in [-0.2, -0.15) is 11.8 Å². The van der Waals surface area contributed by atoms with Crippen LogP contribution in [0.1, 0.15) is 40.5 Å². The van der Waals surface area contributed by atoms with Crippen LogP contribution in [-0.2, 0) is 19.2 Å². The van der Waals surface area contributed by atoms with E-state index < -0.39 is 54.0 Å². The molecule has 5 atom stereocenters. The maximum Gasteiger partial charge on any atom is 0.328 e. The van der Waals surface area contributed by atoms with Crippen LogP contribution in [0, 0.1) is 5.92 Å². The largest absolute Gasteiger partial charge is 0.480 e. The Bertz CT molecular complexity index is 573. The minimum Gasteiger partial charge on any atom is -0.480 e. The molecule has 7 N–H and O–H groups in total. The molecule has 0 fully saturated rings. The third-order valence-corrected chi connectivity index (χ3v) is 4.75. The highest BCUT2D eigenvalue weighted by Crippen LogP contribution is 2.07. The Hall–Kier alpha value is -1.85. The van der Waals surface area contributed by atoms with Gasteiger partial charge in [-0.1, -0.05) is 13.8 Å². The maximum atomic E-state index is 12.6. The van der Waals surface area contributed by atoms with Gasteiger partial charge in [-0.3, -0.25) is 14.4 Å². The smallest absolute Gasteiger partial charge is 0.328 e. The number of carboxylic acid groups (broad SMARTS) is 1. The molecule has 0 spiro atoms.